The number of carbonyl (C=O) groups is 1. The van der Waals surface area contributed by atoms with Crippen LogP contribution in [0.5, 0.6) is 0 Å². The summed E-state index contributed by atoms with van der Waals surface area (Å²) in [6, 6.07) is 12.7. The van der Waals surface area contributed by atoms with E-state index in [-0.39, 0.29) is 12.3 Å². The van der Waals surface area contributed by atoms with Crippen LogP contribution in [0.1, 0.15) is 22.3 Å². The molecule has 21 heavy (non-hydrogen) atoms. The largest absolute Gasteiger partial charge is 0.395 e. The molecule has 0 saturated carbocycles. The van der Waals surface area contributed by atoms with Gasteiger partial charge < -0.3 is 10.4 Å². The summed E-state index contributed by atoms with van der Waals surface area (Å²) in [5.74, 6) is 4.76. The van der Waals surface area contributed by atoms with E-state index in [1.54, 1.807) is 36.4 Å². The molecule has 0 aliphatic carbocycles. The van der Waals surface area contributed by atoms with Gasteiger partial charge in [-0.25, -0.2) is 4.39 Å². The van der Waals surface area contributed by atoms with E-state index in [4.69, 9.17) is 5.11 Å². The monoisotopic (exact) mass is 283 g/mol. The van der Waals surface area contributed by atoms with Crippen molar-refractivity contribution in [3.05, 3.63) is 65.5 Å². The van der Waals surface area contributed by atoms with Gasteiger partial charge in [-0.15, -0.1) is 0 Å². The molecule has 0 aliphatic rings. The molecule has 0 spiro atoms. The summed E-state index contributed by atoms with van der Waals surface area (Å²) in [5.41, 5.74) is 1.21. The van der Waals surface area contributed by atoms with Crippen molar-refractivity contribution in [3.8, 4) is 11.8 Å². The summed E-state index contributed by atoms with van der Waals surface area (Å²) >= 11 is 0. The van der Waals surface area contributed by atoms with Crippen LogP contribution in [0.25, 0.3) is 0 Å². The molecular weight excluding hydrogens is 269 g/mol. The van der Waals surface area contributed by atoms with Crippen LogP contribution in [0.2, 0.25) is 0 Å². The lowest BCUT2D eigenvalue weighted by Crippen LogP contribution is -2.13. The third-order valence-electron chi connectivity index (χ3n) is 2.72. The standard InChI is InChI=1S/C17H14FNO2/c18-15-9-1-2-10-16(15)19-17(21)14-8-5-7-13(12-14)6-3-4-11-20/h1-2,5,7-10,12,20H,4,11H2,(H,19,21). The van der Waals surface area contributed by atoms with E-state index in [9.17, 15) is 9.18 Å². The minimum absolute atomic E-state index is 0.000457. The van der Waals surface area contributed by atoms with Crippen molar-refractivity contribution in [2.24, 2.45) is 0 Å². The number of carbonyl (C=O) groups excluding carboxylic acids is 1. The van der Waals surface area contributed by atoms with Crippen LogP contribution < -0.4 is 5.32 Å². The molecule has 2 aromatic rings. The summed E-state index contributed by atoms with van der Waals surface area (Å²) in [5, 5.41) is 11.2. The second-order valence-electron chi connectivity index (χ2n) is 4.29. The molecule has 0 heterocycles. The summed E-state index contributed by atoms with van der Waals surface area (Å²) < 4.78 is 13.5. The third-order valence-corrected chi connectivity index (χ3v) is 2.72. The fourth-order valence-electron chi connectivity index (χ4n) is 1.72. The highest BCUT2D eigenvalue weighted by molar-refractivity contribution is 6.04. The van der Waals surface area contributed by atoms with E-state index in [1.165, 1.54) is 12.1 Å². The lowest BCUT2D eigenvalue weighted by molar-refractivity contribution is 0.102. The van der Waals surface area contributed by atoms with Crippen molar-refractivity contribution in [1.82, 2.24) is 0 Å². The molecule has 0 aliphatic heterocycles. The van der Waals surface area contributed by atoms with Crippen LogP contribution in [0.3, 0.4) is 0 Å². The topological polar surface area (TPSA) is 49.3 Å². The summed E-state index contributed by atoms with van der Waals surface area (Å²) in [6.07, 6.45) is 0.381. The highest BCUT2D eigenvalue weighted by atomic mass is 19.1. The molecule has 0 aromatic heterocycles. The van der Waals surface area contributed by atoms with Gasteiger partial charge in [-0.1, -0.05) is 30.0 Å². The Balaban J connectivity index is 2.15. The van der Waals surface area contributed by atoms with Crippen molar-refractivity contribution in [3.63, 3.8) is 0 Å². The first-order chi connectivity index (χ1) is 10.2. The first-order valence-electron chi connectivity index (χ1n) is 6.46. The van der Waals surface area contributed by atoms with E-state index in [0.29, 0.717) is 17.5 Å². The average Bonchev–Trinajstić information content (AvgIpc) is 2.50. The number of para-hydroxylation sites is 1. The van der Waals surface area contributed by atoms with Gasteiger partial charge in [-0.05, 0) is 30.3 Å². The summed E-state index contributed by atoms with van der Waals surface area (Å²) in [7, 11) is 0. The Bertz CT molecular complexity index is 701. The SMILES string of the molecule is O=C(Nc1ccccc1F)c1cccc(C#CCCO)c1. The summed E-state index contributed by atoms with van der Waals surface area (Å²) in [6.45, 7) is 0.000457. The van der Waals surface area contributed by atoms with Gasteiger partial charge in [0.25, 0.3) is 5.91 Å². The number of benzene rings is 2. The maximum Gasteiger partial charge on any atom is 0.255 e. The van der Waals surface area contributed by atoms with E-state index in [0.717, 1.165) is 0 Å². The molecule has 1 amide bonds. The van der Waals surface area contributed by atoms with Gasteiger partial charge in [0.1, 0.15) is 5.82 Å². The zero-order valence-electron chi connectivity index (χ0n) is 11.3. The predicted molar refractivity (Wildman–Crippen MR) is 79.4 cm³/mol. The van der Waals surface area contributed by atoms with Crippen LogP contribution >= 0.6 is 0 Å². The zero-order valence-corrected chi connectivity index (χ0v) is 11.3. The van der Waals surface area contributed by atoms with E-state index in [2.05, 4.69) is 17.2 Å². The van der Waals surface area contributed by atoms with Gasteiger partial charge in [0, 0.05) is 17.5 Å². The average molecular weight is 283 g/mol. The molecule has 0 saturated heterocycles. The second kappa shape index (κ2) is 7.22. The normalized spacial score (nSPS) is 9.62. The van der Waals surface area contributed by atoms with Gasteiger partial charge >= 0.3 is 0 Å². The van der Waals surface area contributed by atoms with E-state index >= 15 is 0 Å². The number of amides is 1. The Kier molecular flexibility index (Phi) is 5.08. The zero-order chi connectivity index (χ0) is 15.1. The van der Waals surface area contributed by atoms with Crippen molar-refractivity contribution in [1.29, 1.82) is 0 Å². The molecule has 106 valence electrons. The fourth-order valence-corrected chi connectivity index (χ4v) is 1.72. The highest BCUT2D eigenvalue weighted by Crippen LogP contribution is 2.14. The molecule has 0 radical (unpaired) electrons. The van der Waals surface area contributed by atoms with E-state index in [1.807, 2.05) is 0 Å². The molecule has 2 aromatic carbocycles. The molecule has 0 fully saturated rings. The van der Waals surface area contributed by atoms with Crippen molar-refractivity contribution in [2.45, 2.75) is 6.42 Å². The molecule has 2 N–H and O–H groups in total. The highest BCUT2D eigenvalue weighted by Gasteiger charge is 2.08. The molecular formula is C17H14FNO2. The second-order valence-corrected chi connectivity index (χ2v) is 4.29. The molecule has 0 unspecified atom stereocenters. The molecule has 0 atom stereocenters. The van der Waals surface area contributed by atoms with Crippen molar-refractivity contribution >= 4 is 11.6 Å². The number of aliphatic hydroxyl groups excluding tert-OH is 1. The molecule has 4 heteroatoms. The number of rotatable bonds is 3. The van der Waals surface area contributed by atoms with Gasteiger partial charge in [0.05, 0.1) is 12.3 Å². The van der Waals surface area contributed by atoms with Crippen LogP contribution in [0.4, 0.5) is 10.1 Å². The number of nitrogens with one attached hydrogen (secondary N) is 1. The van der Waals surface area contributed by atoms with Crippen molar-refractivity contribution in [2.75, 3.05) is 11.9 Å². The Morgan fingerprint density at radius 2 is 2.00 bits per heavy atom. The number of aliphatic hydroxyl groups is 1. The van der Waals surface area contributed by atoms with Gasteiger partial charge in [-0.2, -0.15) is 0 Å². The number of hydrogen-bond donors (Lipinski definition) is 2. The maximum absolute atomic E-state index is 13.5. The Morgan fingerprint density at radius 3 is 2.76 bits per heavy atom. The maximum atomic E-state index is 13.5. The van der Waals surface area contributed by atoms with Gasteiger partial charge in [0.2, 0.25) is 0 Å². The minimum atomic E-state index is -0.482. The van der Waals surface area contributed by atoms with Crippen LogP contribution in [-0.2, 0) is 0 Å². The Morgan fingerprint density at radius 1 is 1.19 bits per heavy atom. The summed E-state index contributed by atoms with van der Waals surface area (Å²) in [4.78, 5) is 12.1. The fraction of sp³-hybridized carbons (Fsp3) is 0.118. The molecule has 2 rings (SSSR count). The lowest BCUT2D eigenvalue weighted by Gasteiger charge is -2.06. The minimum Gasteiger partial charge on any atom is -0.395 e. The van der Waals surface area contributed by atoms with Crippen LogP contribution in [0.15, 0.2) is 48.5 Å². The van der Waals surface area contributed by atoms with Gasteiger partial charge in [0.15, 0.2) is 0 Å². The predicted octanol–water partition coefficient (Wildman–Crippen LogP) is 2.81. The molecule has 0 bridgehead atoms. The lowest BCUT2D eigenvalue weighted by atomic mass is 10.1. The van der Waals surface area contributed by atoms with Gasteiger partial charge in [-0.3, -0.25) is 4.79 Å². The van der Waals surface area contributed by atoms with Crippen LogP contribution in [-0.4, -0.2) is 17.6 Å². The quantitative estimate of drug-likeness (QED) is 0.851. The number of anilines is 1. The third kappa shape index (κ3) is 4.16. The first-order valence-corrected chi connectivity index (χ1v) is 6.46. The number of hydrogen-bond acceptors (Lipinski definition) is 2. The smallest absolute Gasteiger partial charge is 0.255 e. The Labute approximate surface area is 122 Å². The number of halogens is 1. The van der Waals surface area contributed by atoms with E-state index < -0.39 is 11.7 Å². The Hall–Kier alpha value is -2.64. The van der Waals surface area contributed by atoms with Crippen molar-refractivity contribution < 1.29 is 14.3 Å². The van der Waals surface area contributed by atoms with Crippen LogP contribution in [0, 0.1) is 17.7 Å². The first kappa shape index (κ1) is 14.8. The molecule has 3 nitrogen and oxygen atoms in total.